The largest absolute Gasteiger partial charge is 0.496 e. The molecule has 0 saturated carbocycles. The summed E-state index contributed by atoms with van der Waals surface area (Å²) in [5.74, 6) is 0.508. The zero-order valence-electron chi connectivity index (χ0n) is 15.9. The zero-order valence-corrected chi connectivity index (χ0v) is 15.9. The highest BCUT2D eigenvalue weighted by Gasteiger charge is 2.47. The monoisotopic (exact) mass is 420 g/mol. The minimum absolute atomic E-state index is 0.104. The average molecular weight is 420 g/mol. The van der Waals surface area contributed by atoms with E-state index in [1.165, 1.54) is 19.4 Å². The maximum Gasteiger partial charge on any atom is 0.410 e. The third kappa shape index (κ3) is 3.85. The molecule has 0 unspecified atom stereocenters. The Balaban J connectivity index is 1.56. The van der Waals surface area contributed by atoms with Crippen molar-refractivity contribution < 1.29 is 27.1 Å². The first-order valence-corrected chi connectivity index (χ1v) is 9.23. The number of furan rings is 1. The topological polar surface area (TPSA) is 81.3 Å². The molecule has 1 aliphatic rings. The summed E-state index contributed by atoms with van der Waals surface area (Å²) in [5.41, 5.74) is 0.628. The molecular formula is C20H19F3N4O3. The molecule has 0 bridgehead atoms. The summed E-state index contributed by atoms with van der Waals surface area (Å²) in [6.07, 6.45) is -3.42. The first kappa shape index (κ1) is 19.9. The first-order valence-electron chi connectivity index (χ1n) is 9.23. The van der Waals surface area contributed by atoms with E-state index >= 15 is 0 Å². The molecule has 2 aromatic heterocycles. The molecule has 0 spiro atoms. The average Bonchev–Trinajstić information content (AvgIpc) is 3.40. The number of amides is 1. The lowest BCUT2D eigenvalue weighted by Gasteiger charge is -2.32. The van der Waals surface area contributed by atoms with Crippen molar-refractivity contribution in [2.24, 2.45) is 0 Å². The summed E-state index contributed by atoms with van der Waals surface area (Å²) in [7, 11) is 1.52. The minimum Gasteiger partial charge on any atom is -0.496 e. The van der Waals surface area contributed by atoms with Gasteiger partial charge in [-0.15, -0.1) is 0 Å². The van der Waals surface area contributed by atoms with Crippen LogP contribution in [-0.4, -0.2) is 29.0 Å². The maximum absolute atomic E-state index is 13.7. The predicted octanol–water partition coefficient (Wildman–Crippen LogP) is 4.08. The third-order valence-electron chi connectivity index (χ3n) is 4.94. The Kier molecular flexibility index (Phi) is 5.15. The number of nitrogens with one attached hydrogen (secondary N) is 2. The van der Waals surface area contributed by atoms with Gasteiger partial charge in [-0.25, -0.2) is 4.68 Å². The number of halogens is 3. The lowest BCUT2D eigenvalue weighted by molar-refractivity contribution is -0.174. The number of ether oxygens (including phenoxy) is 1. The van der Waals surface area contributed by atoms with Gasteiger partial charge in [-0.2, -0.15) is 18.3 Å². The predicted molar refractivity (Wildman–Crippen MR) is 101 cm³/mol. The van der Waals surface area contributed by atoms with Crippen LogP contribution in [0, 0.1) is 0 Å². The van der Waals surface area contributed by atoms with Crippen LogP contribution >= 0.6 is 0 Å². The number of carbonyl (C=O) groups excluding carboxylic acids is 1. The van der Waals surface area contributed by atoms with Crippen molar-refractivity contribution in [3.8, 4) is 5.75 Å². The third-order valence-corrected chi connectivity index (χ3v) is 4.94. The van der Waals surface area contributed by atoms with Gasteiger partial charge in [-0.05, 0) is 18.2 Å². The fraction of sp³-hybridized carbons (Fsp3) is 0.300. The number of methoxy groups -OCH3 is 1. The van der Waals surface area contributed by atoms with Crippen molar-refractivity contribution >= 4 is 11.7 Å². The Hall–Kier alpha value is -3.43. The summed E-state index contributed by atoms with van der Waals surface area (Å²) >= 11 is 0. The number of para-hydroxylation sites is 1. The van der Waals surface area contributed by atoms with E-state index in [-0.39, 0.29) is 24.5 Å². The fourth-order valence-electron chi connectivity index (χ4n) is 3.48. The second-order valence-corrected chi connectivity index (χ2v) is 6.86. The van der Waals surface area contributed by atoms with Crippen molar-refractivity contribution in [3.05, 3.63) is 65.7 Å². The van der Waals surface area contributed by atoms with Crippen LogP contribution in [0.4, 0.5) is 19.0 Å². The van der Waals surface area contributed by atoms with E-state index < -0.39 is 24.2 Å². The van der Waals surface area contributed by atoms with Crippen molar-refractivity contribution in [1.82, 2.24) is 15.1 Å². The molecule has 10 heteroatoms. The van der Waals surface area contributed by atoms with Crippen LogP contribution in [0.25, 0.3) is 0 Å². The van der Waals surface area contributed by atoms with Gasteiger partial charge in [-0.3, -0.25) is 4.79 Å². The molecule has 4 rings (SSSR count). The Labute approximate surface area is 169 Å². The Morgan fingerprint density at radius 1 is 1.33 bits per heavy atom. The van der Waals surface area contributed by atoms with Gasteiger partial charge in [0.15, 0.2) is 11.7 Å². The standard InChI is InChI=1S/C20H19F3N4O3/c1-29-15-6-3-2-5-12(15)11-24-19(28)14-10-18-25-13(16-7-4-8-30-16)9-17(20(21,22)23)27(18)26-14/h2-8,10,13,17,25H,9,11H2,1H3,(H,24,28)/t13-,17+/m0/s1. The minimum atomic E-state index is -4.53. The number of carbonyl (C=O) groups is 1. The molecule has 158 valence electrons. The van der Waals surface area contributed by atoms with Gasteiger partial charge in [0.05, 0.1) is 19.4 Å². The normalized spacial score (nSPS) is 18.4. The summed E-state index contributed by atoms with van der Waals surface area (Å²) in [4.78, 5) is 12.5. The number of anilines is 1. The highest BCUT2D eigenvalue weighted by atomic mass is 19.4. The lowest BCUT2D eigenvalue weighted by atomic mass is 10.0. The summed E-state index contributed by atoms with van der Waals surface area (Å²) < 4.78 is 52.3. The molecule has 1 amide bonds. The molecule has 1 aliphatic heterocycles. The van der Waals surface area contributed by atoms with Crippen molar-refractivity contribution in [1.29, 1.82) is 0 Å². The summed E-state index contributed by atoms with van der Waals surface area (Å²) in [5, 5.41) is 9.57. The number of rotatable bonds is 5. The number of hydrogen-bond acceptors (Lipinski definition) is 5. The Morgan fingerprint density at radius 2 is 2.13 bits per heavy atom. The summed E-state index contributed by atoms with van der Waals surface area (Å²) in [6, 6.07) is 9.11. The zero-order chi connectivity index (χ0) is 21.3. The fourth-order valence-corrected chi connectivity index (χ4v) is 3.48. The molecule has 0 fully saturated rings. The van der Waals surface area contributed by atoms with Gasteiger partial charge in [-0.1, -0.05) is 18.2 Å². The van der Waals surface area contributed by atoms with Gasteiger partial charge in [0.1, 0.15) is 17.3 Å². The number of aromatic nitrogens is 2. The van der Waals surface area contributed by atoms with E-state index in [2.05, 4.69) is 15.7 Å². The molecule has 2 atom stereocenters. The number of fused-ring (bicyclic) bond motifs is 1. The second-order valence-electron chi connectivity index (χ2n) is 6.86. The van der Waals surface area contributed by atoms with E-state index in [0.717, 1.165) is 10.2 Å². The maximum atomic E-state index is 13.7. The molecule has 1 aromatic carbocycles. The molecule has 2 N–H and O–H groups in total. The van der Waals surface area contributed by atoms with Gasteiger partial charge in [0.25, 0.3) is 5.91 Å². The molecule has 0 radical (unpaired) electrons. The molecule has 30 heavy (non-hydrogen) atoms. The van der Waals surface area contributed by atoms with Crippen molar-refractivity contribution in [2.45, 2.75) is 31.2 Å². The highest BCUT2D eigenvalue weighted by Crippen LogP contribution is 2.43. The molecule has 7 nitrogen and oxygen atoms in total. The van der Waals surface area contributed by atoms with Crippen LogP contribution in [0.1, 0.15) is 40.3 Å². The van der Waals surface area contributed by atoms with E-state index in [4.69, 9.17) is 9.15 Å². The van der Waals surface area contributed by atoms with E-state index in [0.29, 0.717) is 11.5 Å². The van der Waals surface area contributed by atoms with Gasteiger partial charge in [0, 0.05) is 24.6 Å². The van der Waals surface area contributed by atoms with Gasteiger partial charge >= 0.3 is 6.18 Å². The summed E-state index contributed by atoms with van der Waals surface area (Å²) in [6.45, 7) is 0.149. The Bertz CT molecular complexity index is 1030. The smallest absolute Gasteiger partial charge is 0.410 e. The van der Waals surface area contributed by atoms with Crippen LogP contribution in [0.5, 0.6) is 5.75 Å². The van der Waals surface area contributed by atoms with E-state index in [9.17, 15) is 18.0 Å². The van der Waals surface area contributed by atoms with Crippen LogP contribution in [0.3, 0.4) is 0 Å². The van der Waals surface area contributed by atoms with Crippen LogP contribution in [0.2, 0.25) is 0 Å². The van der Waals surface area contributed by atoms with Crippen molar-refractivity contribution in [3.63, 3.8) is 0 Å². The lowest BCUT2D eigenvalue weighted by Crippen LogP contribution is -2.35. The van der Waals surface area contributed by atoms with Gasteiger partial charge < -0.3 is 19.8 Å². The van der Waals surface area contributed by atoms with Crippen molar-refractivity contribution in [2.75, 3.05) is 12.4 Å². The molecular weight excluding hydrogens is 401 g/mol. The van der Waals surface area contributed by atoms with Crippen LogP contribution in [-0.2, 0) is 6.54 Å². The number of nitrogens with zero attached hydrogens (tertiary/aromatic N) is 2. The number of benzene rings is 1. The molecule has 0 aliphatic carbocycles. The molecule has 0 saturated heterocycles. The number of hydrogen-bond donors (Lipinski definition) is 2. The first-order chi connectivity index (χ1) is 14.4. The quantitative estimate of drug-likeness (QED) is 0.650. The molecule has 3 aromatic rings. The SMILES string of the molecule is COc1ccccc1CNC(=O)c1cc2n(n1)[C@@H](C(F)(F)F)C[C@@H](c1ccco1)N2. The van der Waals surface area contributed by atoms with E-state index in [1.54, 1.807) is 36.4 Å². The molecule has 3 heterocycles. The van der Waals surface area contributed by atoms with Crippen LogP contribution < -0.4 is 15.4 Å². The highest BCUT2D eigenvalue weighted by molar-refractivity contribution is 5.93. The number of alkyl halides is 3. The second kappa shape index (κ2) is 7.77. The van der Waals surface area contributed by atoms with E-state index in [1.807, 2.05) is 0 Å². The Morgan fingerprint density at radius 3 is 2.83 bits per heavy atom. The van der Waals surface area contributed by atoms with Crippen LogP contribution in [0.15, 0.2) is 53.1 Å². The van der Waals surface area contributed by atoms with Gasteiger partial charge in [0.2, 0.25) is 0 Å².